The Morgan fingerprint density at radius 2 is 1.38 bits per heavy atom. The number of phenols is 1. The van der Waals surface area contributed by atoms with Crippen molar-refractivity contribution >= 4 is 86.6 Å². The second-order valence-corrected chi connectivity index (χ2v) is 19.5. The molecule has 16 N–H and O–H groups in total. The molecule has 9 unspecified atom stereocenters. The molecule has 0 aliphatic carbocycles. The largest absolute Gasteiger partial charge is 0.508 e. The Morgan fingerprint density at radius 1 is 0.779 bits per heavy atom. The maximum Gasteiger partial charge on any atom is 0.246 e. The standard InChI is InChI=1S/C42H64N12O12S2/c1-5-21(4)34-41(65)48-25(12-13-30(44)56)36(60)50-27(16-31(45)57)37(61)51-28(42(66)54-14-6-7-29(54)39(63)52-33(20(2)3)40(64)47-17-32(46)58)19-68-67-18-24(43)35(59)49-26(38(62)53-34)15-22-8-10-23(55)11-9-22/h8-11,20-21,24-29,33-34,55H,5-7,12-19,43H2,1-4H3,(H2,44,56)(H2,45,57)(H2,46,58)(H,47,64)(H,48,65)(H,49,59)(H,50,60)(H,51,61)(H,52,63)(H,53,62). The van der Waals surface area contributed by atoms with Crippen LogP contribution in [0.25, 0.3) is 0 Å². The SMILES string of the molecule is CCC(C)C1NC(=O)C(Cc2ccc(O)cc2)NC(=O)C(N)CSSCC(C(=O)N2CCCC2C(=O)NC(C(=O)NCC(N)=O)C(C)C)NC(=O)C(CC(N)=O)NC(=O)C(CCC(N)=O)NC1=O. The smallest absolute Gasteiger partial charge is 0.246 e. The molecule has 11 amide bonds. The number of aromatic hydroxyl groups is 1. The summed E-state index contributed by atoms with van der Waals surface area (Å²) in [4.78, 5) is 148. The first-order valence-electron chi connectivity index (χ1n) is 22.1. The van der Waals surface area contributed by atoms with E-state index in [1.54, 1.807) is 27.7 Å². The van der Waals surface area contributed by atoms with Gasteiger partial charge in [-0.15, -0.1) is 0 Å². The van der Waals surface area contributed by atoms with E-state index in [9.17, 15) is 57.8 Å². The van der Waals surface area contributed by atoms with Crippen LogP contribution < -0.4 is 60.2 Å². The highest BCUT2D eigenvalue weighted by atomic mass is 33.1. The molecule has 0 spiro atoms. The number of primary amides is 3. The molecule has 0 radical (unpaired) electrons. The van der Waals surface area contributed by atoms with Gasteiger partial charge < -0.3 is 70.2 Å². The van der Waals surface area contributed by atoms with E-state index < -0.39 is 151 Å². The third-order valence-corrected chi connectivity index (χ3v) is 13.6. The van der Waals surface area contributed by atoms with Crippen LogP contribution in [-0.2, 0) is 59.2 Å². The van der Waals surface area contributed by atoms with E-state index in [1.165, 1.54) is 29.2 Å². The topological polar surface area (TPSA) is 400 Å². The Morgan fingerprint density at radius 3 is 1.99 bits per heavy atom. The third kappa shape index (κ3) is 17.5. The van der Waals surface area contributed by atoms with Gasteiger partial charge in [0.2, 0.25) is 65.0 Å². The molecule has 68 heavy (non-hydrogen) atoms. The van der Waals surface area contributed by atoms with Crippen molar-refractivity contribution in [3.8, 4) is 5.75 Å². The minimum Gasteiger partial charge on any atom is -0.508 e. The number of carbonyl (C=O) groups excluding carboxylic acids is 11. The van der Waals surface area contributed by atoms with Gasteiger partial charge in [0.05, 0.1) is 19.0 Å². The van der Waals surface area contributed by atoms with E-state index in [4.69, 9.17) is 22.9 Å². The lowest BCUT2D eigenvalue weighted by molar-refractivity contribution is -0.142. The first kappa shape index (κ1) is 56.2. The number of benzene rings is 1. The number of nitrogens with two attached hydrogens (primary N) is 4. The van der Waals surface area contributed by atoms with E-state index in [-0.39, 0.29) is 36.6 Å². The van der Waals surface area contributed by atoms with Gasteiger partial charge in [0.1, 0.15) is 48.0 Å². The average Bonchev–Trinajstić information content (AvgIpc) is 3.78. The van der Waals surface area contributed by atoms with Gasteiger partial charge in [-0.3, -0.25) is 52.7 Å². The Kier molecular flexibility index (Phi) is 22.3. The van der Waals surface area contributed by atoms with Gasteiger partial charge in [0.15, 0.2) is 0 Å². The summed E-state index contributed by atoms with van der Waals surface area (Å²) in [5.74, 6) is -10.8. The molecule has 2 aliphatic rings. The van der Waals surface area contributed by atoms with E-state index >= 15 is 0 Å². The van der Waals surface area contributed by atoms with E-state index in [2.05, 4.69) is 37.2 Å². The van der Waals surface area contributed by atoms with Crippen molar-refractivity contribution in [1.82, 2.24) is 42.1 Å². The Bertz CT molecular complexity index is 2030. The molecule has 2 fully saturated rings. The number of phenolic OH excluding ortho intramolecular Hbond substituents is 1. The number of carbonyl (C=O) groups is 11. The molecule has 26 heteroatoms. The van der Waals surface area contributed by atoms with Crippen molar-refractivity contribution < 1.29 is 57.8 Å². The first-order chi connectivity index (χ1) is 32.0. The molecular formula is C42H64N12O12S2. The number of nitrogens with one attached hydrogen (secondary N) is 7. The summed E-state index contributed by atoms with van der Waals surface area (Å²) in [5.41, 5.74) is 22.9. The number of hydrogen-bond donors (Lipinski definition) is 12. The Labute approximate surface area is 401 Å². The van der Waals surface area contributed by atoms with Crippen molar-refractivity contribution in [2.24, 2.45) is 34.8 Å². The fourth-order valence-electron chi connectivity index (χ4n) is 7.14. The van der Waals surface area contributed by atoms with Crippen LogP contribution >= 0.6 is 21.6 Å². The van der Waals surface area contributed by atoms with Gasteiger partial charge in [-0.1, -0.05) is 67.8 Å². The third-order valence-electron chi connectivity index (χ3n) is 11.2. The fraction of sp³-hybridized carbons (Fsp3) is 0.595. The molecule has 24 nitrogen and oxygen atoms in total. The van der Waals surface area contributed by atoms with Gasteiger partial charge in [0, 0.05) is 30.9 Å². The normalized spacial score (nSPS) is 24.5. The molecule has 2 aliphatic heterocycles. The van der Waals surface area contributed by atoms with Crippen LogP contribution in [0, 0.1) is 11.8 Å². The van der Waals surface area contributed by atoms with Crippen LogP contribution in [0.2, 0.25) is 0 Å². The van der Waals surface area contributed by atoms with E-state index in [0.717, 1.165) is 21.6 Å². The highest BCUT2D eigenvalue weighted by Gasteiger charge is 2.41. The molecule has 0 bridgehead atoms. The number of rotatable bonds is 16. The number of likely N-dealkylation sites (tertiary alicyclic amines) is 1. The second-order valence-electron chi connectivity index (χ2n) is 16.9. The zero-order valence-electron chi connectivity index (χ0n) is 38.4. The molecule has 2 heterocycles. The monoisotopic (exact) mass is 992 g/mol. The van der Waals surface area contributed by atoms with Gasteiger partial charge >= 0.3 is 0 Å². The summed E-state index contributed by atoms with van der Waals surface area (Å²) in [7, 11) is 2.04. The molecular weight excluding hydrogens is 929 g/mol. The van der Waals surface area contributed by atoms with Crippen molar-refractivity contribution in [3.63, 3.8) is 0 Å². The highest BCUT2D eigenvalue weighted by molar-refractivity contribution is 8.76. The lowest BCUT2D eigenvalue weighted by atomic mass is 9.96. The first-order valence-corrected chi connectivity index (χ1v) is 24.5. The molecule has 0 aromatic heterocycles. The van der Waals surface area contributed by atoms with Gasteiger partial charge in [-0.25, -0.2) is 0 Å². The Hall–Kier alpha value is -6.15. The summed E-state index contributed by atoms with van der Waals surface area (Å²) < 4.78 is 0. The van der Waals surface area contributed by atoms with Crippen molar-refractivity contribution in [2.45, 2.75) is 121 Å². The van der Waals surface area contributed by atoms with Crippen LogP contribution in [0.4, 0.5) is 0 Å². The van der Waals surface area contributed by atoms with Crippen LogP contribution in [-0.4, -0.2) is 148 Å². The van der Waals surface area contributed by atoms with Crippen LogP contribution in [0.15, 0.2) is 24.3 Å². The molecule has 376 valence electrons. The van der Waals surface area contributed by atoms with E-state index in [0.29, 0.717) is 18.4 Å². The molecule has 0 saturated carbocycles. The summed E-state index contributed by atoms with van der Waals surface area (Å²) in [6.45, 7) is 6.27. The molecule has 1 aromatic carbocycles. The van der Waals surface area contributed by atoms with Crippen LogP contribution in [0.1, 0.15) is 71.8 Å². The van der Waals surface area contributed by atoms with Gasteiger partial charge in [0.25, 0.3) is 0 Å². The molecule has 1 aromatic rings. The molecule has 2 saturated heterocycles. The summed E-state index contributed by atoms with van der Waals surface area (Å²) in [5, 5.41) is 27.6. The zero-order valence-corrected chi connectivity index (χ0v) is 40.0. The highest BCUT2D eigenvalue weighted by Crippen LogP contribution is 2.26. The molecule has 9 atom stereocenters. The van der Waals surface area contributed by atoms with Crippen molar-refractivity contribution in [1.29, 1.82) is 0 Å². The second kappa shape index (κ2) is 27.0. The van der Waals surface area contributed by atoms with E-state index in [1.807, 2.05) is 0 Å². The predicted octanol–water partition coefficient (Wildman–Crippen LogP) is -4.00. The predicted molar refractivity (Wildman–Crippen MR) is 250 cm³/mol. The average molecular weight is 993 g/mol. The lowest BCUT2D eigenvalue weighted by Crippen LogP contribution is -2.61. The minimum absolute atomic E-state index is 0.0472. The van der Waals surface area contributed by atoms with Crippen molar-refractivity contribution in [2.75, 3.05) is 24.6 Å². The van der Waals surface area contributed by atoms with Crippen LogP contribution in [0.3, 0.4) is 0 Å². The maximum absolute atomic E-state index is 14.4. The van der Waals surface area contributed by atoms with Crippen LogP contribution in [0.5, 0.6) is 5.75 Å². The number of nitrogens with zero attached hydrogens (tertiary/aromatic N) is 1. The molecule has 3 rings (SSSR count). The Balaban J connectivity index is 2.05. The summed E-state index contributed by atoms with van der Waals surface area (Å²) >= 11 is 0. The zero-order chi connectivity index (χ0) is 50.8. The summed E-state index contributed by atoms with van der Waals surface area (Å²) in [6.07, 6.45) is -0.876. The van der Waals surface area contributed by atoms with Gasteiger partial charge in [-0.2, -0.15) is 0 Å². The fourth-order valence-corrected chi connectivity index (χ4v) is 9.42. The number of hydrogen-bond acceptors (Lipinski definition) is 15. The quantitative estimate of drug-likeness (QED) is 0.0703. The van der Waals surface area contributed by atoms with Crippen molar-refractivity contribution in [3.05, 3.63) is 29.8 Å². The van der Waals surface area contributed by atoms with Gasteiger partial charge in [-0.05, 0) is 48.8 Å². The summed E-state index contributed by atoms with van der Waals surface area (Å²) in [6, 6.07) is -5.08. The maximum atomic E-state index is 14.4. The number of amides is 11. The minimum atomic E-state index is -1.75. The lowest BCUT2D eigenvalue weighted by Gasteiger charge is -2.31.